The number of hydrogen-bond donors (Lipinski definition) is 2. The van der Waals surface area contributed by atoms with Crippen LogP contribution in [0.15, 0.2) is 23.1 Å². The number of carboxylic acid groups (broad SMARTS) is 1. The Morgan fingerprint density at radius 2 is 1.83 bits per heavy atom. The number of nitrogens with one attached hydrogen (secondary N) is 1. The molecule has 0 fully saturated rings. The normalized spacial score (nSPS) is 12.4. The molecule has 0 amide bonds. The fraction of sp³-hybridized carbons (Fsp3) is 0.417. The first kappa shape index (κ1) is 14.7. The van der Waals surface area contributed by atoms with Crippen molar-refractivity contribution in [1.29, 1.82) is 0 Å². The van der Waals surface area contributed by atoms with E-state index in [1.54, 1.807) is 19.1 Å². The van der Waals surface area contributed by atoms with E-state index in [2.05, 4.69) is 4.72 Å². The van der Waals surface area contributed by atoms with E-state index in [1.165, 1.54) is 19.9 Å². The molecule has 1 aromatic carbocycles. The van der Waals surface area contributed by atoms with Gasteiger partial charge in [-0.1, -0.05) is 17.7 Å². The van der Waals surface area contributed by atoms with Crippen molar-refractivity contribution in [3.8, 4) is 0 Å². The molecular formula is C12H17NO4S. The Morgan fingerprint density at radius 3 is 2.28 bits per heavy atom. The van der Waals surface area contributed by atoms with Gasteiger partial charge in [-0.15, -0.1) is 0 Å². The highest BCUT2D eigenvalue weighted by Gasteiger charge is 2.33. The summed E-state index contributed by atoms with van der Waals surface area (Å²) in [4.78, 5) is 11.0. The molecule has 0 bridgehead atoms. The fourth-order valence-corrected chi connectivity index (χ4v) is 3.13. The van der Waals surface area contributed by atoms with Crippen LogP contribution >= 0.6 is 0 Å². The van der Waals surface area contributed by atoms with Crippen molar-refractivity contribution in [3.05, 3.63) is 29.3 Å². The lowest BCUT2D eigenvalue weighted by Gasteiger charge is -2.21. The van der Waals surface area contributed by atoms with Gasteiger partial charge >= 0.3 is 5.97 Å². The molecule has 0 aliphatic carbocycles. The minimum Gasteiger partial charge on any atom is -0.480 e. The van der Waals surface area contributed by atoms with Gasteiger partial charge in [0.25, 0.3) is 0 Å². The maximum atomic E-state index is 12.1. The van der Waals surface area contributed by atoms with E-state index in [0.29, 0.717) is 5.56 Å². The minimum absolute atomic E-state index is 0.0995. The molecule has 0 heterocycles. The standard InChI is InChI=1S/C12H17NO4S/c1-8-5-6-10(9(2)7-8)18(16,17)13-12(3,4)11(14)15/h5-7,13H,1-4H3,(H,14,15). The van der Waals surface area contributed by atoms with Gasteiger partial charge in [0, 0.05) is 0 Å². The lowest BCUT2D eigenvalue weighted by Crippen LogP contribution is -2.49. The summed E-state index contributed by atoms with van der Waals surface area (Å²) in [6, 6.07) is 4.89. The van der Waals surface area contributed by atoms with E-state index in [9.17, 15) is 13.2 Å². The van der Waals surface area contributed by atoms with E-state index >= 15 is 0 Å². The number of sulfonamides is 1. The number of hydrogen-bond acceptors (Lipinski definition) is 3. The van der Waals surface area contributed by atoms with Gasteiger partial charge in [0.05, 0.1) is 4.90 Å². The van der Waals surface area contributed by atoms with Crippen molar-refractivity contribution in [3.63, 3.8) is 0 Å². The fourth-order valence-electron chi connectivity index (χ4n) is 1.54. The first-order valence-corrected chi connectivity index (χ1v) is 6.89. The second kappa shape index (κ2) is 4.70. The molecule has 2 N–H and O–H groups in total. The Kier molecular flexibility index (Phi) is 3.83. The summed E-state index contributed by atoms with van der Waals surface area (Å²) in [5.41, 5.74) is -0.0106. The molecule has 1 rings (SSSR count). The largest absolute Gasteiger partial charge is 0.480 e. The zero-order chi connectivity index (χ0) is 14.1. The molecule has 1 aromatic rings. The zero-order valence-corrected chi connectivity index (χ0v) is 11.6. The van der Waals surface area contributed by atoms with Crippen molar-refractivity contribution >= 4 is 16.0 Å². The minimum atomic E-state index is -3.84. The van der Waals surface area contributed by atoms with Gasteiger partial charge in [0.1, 0.15) is 5.54 Å². The van der Waals surface area contributed by atoms with Crippen molar-refractivity contribution in [2.75, 3.05) is 0 Å². The third-order valence-electron chi connectivity index (χ3n) is 2.54. The van der Waals surface area contributed by atoms with E-state index in [-0.39, 0.29) is 4.90 Å². The third kappa shape index (κ3) is 3.08. The van der Waals surface area contributed by atoms with Crippen molar-refractivity contribution in [2.24, 2.45) is 0 Å². The van der Waals surface area contributed by atoms with Crippen LogP contribution < -0.4 is 4.72 Å². The SMILES string of the molecule is Cc1ccc(S(=O)(=O)NC(C)(C)C(=O)O)c(C)c1. The quantitative estimate of drug-likeness (QED) is 0.868. The van der Waals surface area contributed by atoms with Crippen LogP contribution in [-0.2, 0) is 14.8 Å². The van der Waals surface area contributed by atoms with Crippen molar-refractivity contribution < 1.29 is 18.3 Å². The first-order valence-electron chi connectivity index (χ1n) is 5.41. The van der Waals surface area contributed by atoms with Gasteiger partial charge in [-0.05, 0) is 39.3 Å². The summed E-state index contributed by atoms with van der Waals surface area (Å²) in [6.45, 7) is 6.14. The van der Waals surface area contributed by atoms with Gasteiger partial charge in [-0.2, -0.15) is 4.72 Å². The summed E-state index contributed by atoms with van der Waals surface area (Å²) in [5.74, 6) is -1.23. The molecule has 6 heteroatoms. The molecular weight excluding hydrogens is 254 g/mol. The first-order chi connectivity index (χ1) is 8.06. The lowest BCUT2D eigenvalue weighted by atomic mass is 10.1. The van der Waals surface area contributed by atoms with Gasteiger partial charge in [-0.25, -0.2) is 8.42 Å². The Morgan fingerprint density at radius 1 is 1.28 bits per heavy atom. The molecule has 0 atom stereocenters. The topological polar surface area (TPSA) is 83.5 Å². The summed E-state index contributed by atoms with van der Waals surface area (Å²) in [6.07, 6.45) is 0. The van der Waals surface area contributed by atoms with Crippen LogP contribution in [-0.4, -0.2) is 25.0 Å². The van der Waals surface area contributed by atoms with Crippen molar-refractivity contribution in [1.82, 2.24) is 4.72 Å². The summed E-state index contributed by atoms with van der Waals surface area (Å²) in [7, 11) is -3.84. The lowest BCUT2D eigenvalue weighted by molar-refractivity contribution is -0.142. The number of aryl methyl sites for hydroxylation is 2. The average Bonchev–Trinajstić information content (AvgIpc) is 2.14. The molecule has 0 spiro atoms. The van der Waals surface area contributed by atoms with Gasteiger partial charge in [-0.3, -0.25) is 4.79 Å². The van der Waals surface area contributed by atoms with Crippen LogP contribution in [0.3, 0.4) is 0 Å². The highest BCUT2D eigenvalue weighted by atomic mass is 32.2. The van der Waals surface area contributed by atoms with Crippen LogP contribution in [0.2, 0.25) is 0 Å². The molecule has 18 heavy (non-hydrogen) atoms. The summed E-state index contributed by atoms with van der Waals surface area (Å²) < 4.78 is 26.4. The van der Waals surface area contributed by atoms with Crippen molar-refractivity contribution in [2.45, 2.75) is 38.1 Å². The molecule has 0 saturated heterocycles. The molecule has 100 valence electrons. The number of aliphatic carboxylic acids is 1. The van der Waals surface area contributed by atoms with Crippen LogP contribution in [0.1, 0.15) is 25.0 Å². The predicted octanol–water partition coefficient (Wildman–Crippen LogP) is 1.44. The van der Waals surface area contributed by atoms with Gasteiger partial charge < -0.3 is 5.11 Å². The van der Waals surface area contributed by atoms with E-state index < -0.39 is 21.5 Å². The highest BCUT2D eigenvalue weighted by Crippen LogP contribution is 2.18. The van der Waals surface area contributed by atoms with Crippen LogP contribution in [0, 0.1) is 13.8 Å². The molecule has 0 aliphatic heterocycles. The monoisotopic (exact) mass is 271 g/mol. The molecule has 5 nitrogen and oxygen atoms in total. The Labute approximate surface area is 107 Å². The number of carbonyl (C=O) groups is 1. The Bertz CT molecular complexity index is 576. The van der Waals surface area contributed by atoms with Crippen LogP contribution in [0.4, 0.5) is 0 Å². The predicted molar refractivity (Wildman–Crippen MR) is 68.0 cm³/mol. The number of rotatable bonds is 4. The maximum Gasteiger partial charge on any atom is 0.324 e. The van der Waals surface area contributed by atoms with E-state index in [1.807, 2.05) is 6.92 Å². The second-order valence-electron chi connectivity index (χ2n) is 4.80. The van der Waals surface area contributed by atoms with E-state index in [4.69, 9.17) is 5.11 Å². The smallest absolute Gasteiger partial charge is 0.324 e. The highest BCUT2D eigenvalue weighted by molar-refractivity contribution is 7.89. The third-order valence-corrected chi connectivity index (χ3v) is 4.36. The Hall–Kier alpha value is -1.40. The second-order valence-corrected chi connectivity index (χ2v) is 6.46. The molecule has 0 aromatic heterocycles. The van der Waals surface area contributed by atoms with Gasteiger partial charge in [0.2, 0.25) is 10.0 Å². The van der Waals surface area contributed by atoms with Crippen LogP contribution in [0.5, 0.6) is 0 Å². The van der Waals surface area contributed by atoms with E-state index in [0.717, 1.165) is 5.56 Å². The number of benzene rings is 1. The maximum absolute atomic E-state index is 12.1. The zero-order valence-electron chi connectivity index (χ0n) is 10.8. The van der Waals surface area contributed by atoms with Crippen LogP contribution in [0.25, 0.3) is 0 Å². The van der Waals surface area contributed by atoms with Gasteiger partial charge in [0.15, 0.2) is 0 Å². The summed E-state index contributed by atoms with van der Waals surface area (Å²) >= 11 is 0. The molecule has 0 aliphatic rings. The molecule has 0 radical (unpaired) electrons. The Balaban J connectivity index is 3.19. The number of carboxylic acids is 1. The average molecular weight is 271 g/mol. The summed E-state index contributed by atoms with van der Waals surface area (Å²) in [5, 5.41) is 8.94. The molecule has 0 unspecified atom stereocenters. The molecule has 0 saturated carbocycles.